The van der Waals surface area contributed by atoms with Crippen molar-refractivity contribution >= 4 is 17.3 Å². The summed E-state index contributed by atoms with van der Waals surface area (Å²) in [6.07, 6.45) is 0.430. The van der Waals surface area contributed by atoms with Crippen molar-refractivity contribution in [3.63, 3.8) is 0 Å². The van der Waals surface area contributed by atoms with Crippen LogP contribution in [0.2, 0.25) is 5.02 Å². The van der Waals surface area contributed by atoms with E-state index in [9.17, 15) is 4.39 Å². The lowest BCUT2D eigenvalue weighted by Crippen LogP contribution is -2.30. The predicted octanol–water partition coefficient (Wildman–Crippen LogP) is 3.29. The second-order valence-corrected chi connectivity index (χ2v) is 5.53. The van der Waals surface area contributed by atoms with E-state index in [0.29, 0.717) is 12.0 Å². The molecule has 0 bridgehead atoms. The minimum atomic E-state index is -0.386. The van der Waals surface area contributed by atoms with Gasteiger partial charge in [0.15, 0.2) is 0 Å². The van der Waals surface area contributed by atoms with Crippen LogP contribution in [0.1, 0.15) is 17.2 Å². The number of hydrazine groups is 1. The van der Waals surface area contributed by atoms with Gasteiger partial charge in [0.05, 0.1) is 11.1 Å². The summed E-state index contributed by atoms with van der Waals surface area (Å²) in [5.41, 5.74) is 5.37. The van der Waals surface area contributed by atoms with E-state index < -0.39 is 0 Å². The van der Waals surface area contributed by atoms with Crippen molar-refractivity contribution in [1.29, 1.82) is 0 Å². The summed E-state index contributed by atoms with van der Waals surface area (Å²) >= 11 is 5.82. The molecule has 0 heterocycles. The lowest BCUT2D eigenvalue weighted by atomic mass is 9.98. The summed E-state index contributed by atoms with van der Waals surface area (Å²) in [5, 5.41) is 0.130. The van der Waals surface area contributed by atoms with Gasteiger partial charge in [-0.1, -0.05) is 35.9 Å². The molecular weight excluding hydrogens is 289 g/mol. The topological polar surface area (TPSA) is 41.3 Å². The summed E-state index contributed by atoms with van der Waals surface area (Å²) in [7, 11) is 3.95. The van der Waals surface area contributed by atoms with Crippen molar-refractivity contribution in [3.05, 3.63) is 64.4 Å². The summed E-state index contributed by atoms with van der Waals surface area (Å²) < 4.78 is 14.0. The van der Waals surface area contributed by atoms with E-state index in [1.165, 1.54) is 6.07 Å². The number of hydrogen-bond acceptors (Lipinski definition) is 3. The molecule has 2 rings (SSSR count). The number of nitrogens with zero attached hydrogens (tertiary/aromatic N) is 1. The van der Waals surface area contributed by atoms with E-state index in [2.05, 4.69) is 5.43 Å². The first-order valence-corrected chi connectivity index (χ1v) is 7.07. The molecule has 0 aliphatic rings. The predicted molar refractivity (Wildman–Crippen MR) is 85.9 cm³/mol. The number of rotatable bonds is 5. The quantitative estimate of drug-likeness (QED) is 0.658. The average Bonchev–Trinajstić information content (AvgIpc) is 2.49. The van der Waals surface area contributed by atoms with Gasteiger partial charge >= 0.3 is 0 Å². The van der Waals surface area contributed by atoms with Crippen LogP contribution in [0.15, 0.2) is 42.5 Å². The van der Waals surface area contributed by atoms with Crippen LogP contribution in [0.4, 0.5) is 10.1 Å². The van der Waals surface area contributed by atoms with Crippen LogP contribution in [0.3, 0.4) is 0 Å². The second-order valence-electron chi connectivity index (χ2n) is 5.13. The SMILES string of the molecule is CN(C)c1cccc(C(Cc2cccc(Cl)c2F)NN)c1. The van der Waals surface area contributed by atoms with Crippen LogP contribution in [0.5, 0.6) is 0 Å². The lowest BCUT2D eigenvalue weighted by molar-refractivity contribution is 0.529. The fourth-order valence-electron chi connectivity index (χ4n) is 2.22. The Hall–Kier alpha value is -1.62. The molecule has 3 N–H and O–H groups in total. The highest BCUT2D eigenvalue weighted by molar-refractivity contribution is 6.30. The van der Waals surface area contributed by atoms with Gasteiger partial charge in [-0.05, 0) is 35.7 Å². The molecule has 0 aliphatic heterocycles. The van der Waals surface area contributed by atoms with Crippen LogP contribution in [-0.4, -0.2) is 14.1 Å². The Kier molecular flexibility index (Phi) is 5.17. The average molecular weight is 308 g/mol. The Balaban J connectivity index is 2.28. The zero-order valence-electron chi connectivity index (χ0n) is 12.1. The van der Waals surface area contributed by atoms with Gasteiger partial charge in [0.25, 0.3) is 0 Å². The van der Waals surface area contributed by atoms with Crippen LogP contribution in [-0.2, 0) is 6.42 Å². The van der Waals surface area contributed by atoms with Gasteiger partial charge in [-0.3, -0.25) is 11.3 Å². The first kappa shape index (κ1) is 15.8. The Morgan fingerprint density at radius 2 is 1.95 bits per heavy atom. The molecule has 0 aliphatic carbocycles. The number of benzene rings is 2. The standard InChI is InChI=1S/C16H19ClFN3/c1-21(2)13-7-3-5-11(9-13)15(20-19)10-12-6-4-8-14(17)16(12)18/h3-9,15,20H,10,19H2,1-2H3. The fraction of sp³-hybridized carbons (Fsp3) is 0.250. The zero-order chi connectivity index (χ0) is 15.4. The van der Waals surface area contributed by atoms with Crippen molar-refractivity contribution in [2.45, 2.75) is 12.5 Å². The first-order chi connectivity index (χ1) is 10.0. The van der Waals surface area contributed by atoms with E-state index in [0.717, 1.165) is 11.3 Å². The molecular formula is C16H19ClFN3. The number of anilines is 1. The third kappa shape index (κ3) is 3.73. The Bertz CT molecular complexity index is 616. The van der Waals surface area contributed by atoms with Crippen molar-refractivity contribution in [1.82, 2.24) is 5.43 Å². The molecule has 0 fully saturated rings. The van der Waals surface area contributed by atoms with E-state index in [4.69, 9.17) is 17.4 Å². The van der Waals surface area contributed by atoms with Gasteiger partial charge in [0.1, 0.15) is 5.82 Å². The van der Waals surface area contributed by atoms with Gasteiger partial charge in [0.2, 0.25) is 0 Å². The summed E-state index contributed by atoms with van der Waals surface area (Å²) in [5.74, 6) is 5.26. The Morgan fingerprint density at radius 3 is 2.62 bits per heavy atom. The number of halogens is 2. The monoisotopic (exact) mass is 307 g/mol. The molecule has 0 spiro atoms. The minimum absolute atomic E-state index is 0.130. The number of hydrogen-bond donors (Lipinski definition) is 2. The van der Waals surface area contributed by atoms with Crippen LogP contribution in [0, 0.1) is 5.82 Å². The largest absolute Gasteiger partial charge is 0.378 e. The third-order valence-electron chi connectivity index (χ3n) is 3.45. The normalized spacial score (nSPS) is 12.2. The molecule has 0 saturated carbocycles. The van der Waals surface area contributed by atoms with Crippen molar-refractivity contribution in [2.75, 3.05) is 19.0 Å². The third-order valence-corrected chi connectivity index (χ3v) is 3.74. The molecule has 21 heavy (non-hydrogen) atoms. The Labute approximate surface area is 129 Å². The molecule has 1 atom stereocenters. The highest BCUT2D eigenvalue weighted by Gasteiger charge is 2.15. The number of nitrogens with one attached hydrogen (secondary N) is 1. The maximum absolute atomic E-state index is 14.0. The van der Waals surface area contributed by atoms with Crippen molar-refractivity contribution < 1.29 is 4.39 Å². The van der Waals surface area contributed by atoms with Gasteiger partial charge in [-0.15, -0.1) is 0 Å². The van der Waals surface area contributed by atoms with E-state index in [1.807, 2.05) is 43.3 Å². The molecule has 0 amide bonds. The van der Waals surface area contributed by atoms with Crippen molar-refractivity contribution in [3.8, 4) is 0 Å². The second kappa shape index (κ2) is 6.89. The van der Waals surface area contributed by atoms with E-state index in [1.54, 1.807) is 12.1 Å². The molecule has 0 aromatic heterocycles. The van der Waals surface area contributed by atoms with Gasteiger partial charge in [-0.25, -0.2) is 4.39 Å². The highest BCUT2D eigenvalue weighted by atomic mass is 35.5. The summed E-state index contributed by atoms with van der Waals surface area (Å²) in [4.78, 5) is 2.01. The molecule has 3 nitrogen and oxygen atoms in total. The van der Waals surface area contributed by atoms with E-state index in [-0.39, 0.29) is 16.9 Å². The summed E-state index contributed by atoms with van der Waals surface area (Å²) in [6.45, 7) is 0. The van der Waals surface area contributed by atoms with Crippen molar-refractivity contribution in [2.24, 2.45) is 5.84 Å². The molecule has 1 unspecified atom stereocenters. The van der Waals surface area contributed by atoms with Crippen LogP contribution >= 0.6 is 11.6 Å². The first-order valence-electron chi connectivity index (χ1n) is 6.69. The van der Waals surface area contributed by atoms with Gasteiger partial charge < -0.3 is 4.90 Å². The smallest absolute Gasteiger partial charge is 0.145 e. The molecule has 5 heteroatoms. The van der Waals surface area contributed by atoms with Crippen LogP contribution < -0.4 is 16.2 Å². The molecule has 0 radical (unpaired) electrons. The minimum Gasteiger partial charge on any atom is -0.378 e. The fourth-order valence-corrected chi connectivity index (χ4v) is 2.41. The summed E-state index contributed by atoms with van der Waals surface area (Å²) in [6, 6.07) is 12.8. The highest BCUT2D eigenvalue weighted by Crippen LogP contribution is 2.25. The molecule has 2 aromatic carbocycles. The lowest BCUT2D eigenvalue weighted by Gasteiger charge is -2.20. The van der Waals surface area contributed by atoms with Gasteiger partial charge in [0, 0.05) is 19.8 Å². The molecule has 112 valence electrons. The molecule has 0 saturated heterocycles. The number of nitrogens with two attached hydrogens (primary N) is 1. The van der Waals surface area contributed by atoms with Gasteiger partial charge in [-0.2, -0.15) is 0 Å². The Morgan fingerprint density at radius 1 is 1.24 bits per heavy atom. The van der Waals surface area contributed by atoms with E-state index >= 15 is 0 Å². The molecule has 2 aromatic rings. The maximum Gasteiger partial charge on any atom is 0.145 e. The maximum atomic E-state index is 14.0. The van der Waals surface area contributed by atoms with Crippen LogP contribution in [0.25, 0.3) is 0 Å². The zero-order valence-corrected chi connectivity index (χ0v) is 12.9.